The predicted molar refractivity (Wildman–Crippen MR) is 130 cm³/mol. The second-order valence-corrected chi connectivity index (χ2v) is 9.07. The summed E-state index contributed by atoms with van der Waals surface area (Å²) in [6.45, 7) is 0. The molecule has 0 spiro atoms. The molecule has 34 heavy (non-hydrogen) atoms. The molecule has 1 aliphatic rings. The summed E-state index contributed by atoms with van der Waals surface area (Å²) < 4.78 is 11.2. The van der Waals surface area contributed by atoms with Crippen LogP contribution in [-0.2, 0) is 12.8 Å². The molecule has 7 nitrogen and oxygen atoms in total. The quantitative estimate of drug-likeness (QED) is 0.412. The number of ether oxygens (including phenoxy) is 1. The average molecular weight is 472 g/mol. The molecule has 1 amide bonds. The number of rotatable bonds is 4. The summed E-state index contributed by atoms with van der Waals surface area (Å²) in [5.41, 5.74) is 2.89. The fraction of sp³-hybridized carbons (Fsp3) is 0.192. The molecule has 8 heteroatoms. The molecule has 0 atom stereocenters. The van der Waals surface area contributed by atoms with E-state index >= 15 is 0 Å². The fourth-order valence-corrected chi connectivity index (χ4v) is 5.27. The van der Waals surface area contributed by atoms with Gasteiger partial charge in [0.2, 0.25) is 5.55 Å². The molecule has 4 aromatic rings. The van der Waals surface area contributed by atoms with Gasteiger partial charge in [0.1, 0.15) is 33.7 Å². The molecule has 0 radical (unpaired) electrons. The zero-order valence-corrected chi connectivity index (χ0v) is 19.2. The van der Waals surface area contributed by atoms with Crippen molar-refractivity contribution in [1.29, 1.82) is 5.26 Å². The smallest absolute Gasteiger partial charge is 0.261 e. The lowest BCUT2D eigenvalue weighted by atomic mass is 9.96. The molecule has 0 saturated heterocycles. The number of nitrogens with zero attached hydrogens (tertiary/aromatic N) is 2. The Hall–Kier alpha value is -4.09. The number of nitriles is 1. The number of benzene rings is 2. The maximum Gasteiger partial charge on any atom is 0.261 e. The largest absolute Gasteiger partial charge is 0.508 e. The lowest BCUT2D eigenvalue weighted by molar-refractivity contribution is 0.102. The van der Waals surface area contributed by atoms with Crippen LogP contribution < -0.4 is 15.6 Å². The Morgan fingerprint density at radius 1 is 1.18 bits per heavy atom. The summed E-state index contributed by atoms with van der Waals surface area (Å²) in [4.78, 5) is 19.1. The van der Waals surface area contributed by atoms with Gasteiger partial charge in [-0.2, -0.15) is 5.26 Å². The van der Waals surface area contributed by atoms with Gasteiger partial charge in [0.05, 0.1) is 12.7 Å². The summed E-state index contributed by atoms with van der Waals surface area (Å²) in [5.74, 6) is 0.323. The molecule has 0 unspecified atom stereocenters. The number of anilines is 1. The fourth-order valence-electron chi connectivity index (χ4n) is 4.06. The molecule has 2 aromatic heterocycles. The second kappa shape index (κ2) is 9.04. The van der Waals surface area contributed by atoms with Crippen LogP contribution in [0.2, 0.25) is 0 Å². The molecule has 170 valence electrons. The topological polar surface area (TPSA) is 108 Å². The van der Waals surface area contributed by atoms with E-state index in [2.05, 4.69) is 16.4 Å². The lowest BCUT2D eigenvalue weighted by Gasteiger charge is -2.09. The highest BCUT2D eigenvalue weighted by molar-refractivity contribution is 7.16. The van der Waals surface area contributed by atoms with E-state index in [1.54, 1.807) is 43.5 Å². The number of hydrogen-bond donors (Lipinski definition) is 2. The van der Waals surface area contributed by atoms with Crippen molar-refractivity contribution in [2.75, 3.05) is 12.4 Å². The monoisotopic (exact) mass is 471 g/mol. The van der Waals surface area contributed by atoms with Gasteiger partial charge in [-0.15, -0.1) is 11.3 Å². The van der Waals surface area contributed by atoms with E-state index in [0.29, 0.717) is 33.0 Å². The number of carbonyl (C=O) groups excluding carboxylic acids is 1. The molecule has 1 aliphatic carbocycles. The van der Waals surface area contributed by atoms with E-state index < -0.39 is 5.91 Å². The van der Waals surface area contributed by atoms with E-state index in [1.165, 1.54) is 28.3 Å². The maximum absolute atomic E-state index is 13.3. The summed E-state index contributed by atoms with van der Waals surface area (Å²) in [6, 6.07) is 15.6. The number of fused-ring (bicyclic) bond motifs is 2. The molecule has 2 N–H and O–H groups in total. The van der Waals surface area contributed by atoms with Crippen LogP contribution in [0.3, 0.4) is 0 Å². The number of methoxy groups -OCH3 is 1. The average Bonchev–Trinajstić information content (AvgIpc) is 3.20. The second-order valence-electron chi connectivity index (χ2n) is 7.98. The zero-order valence-electron chi connectivity index (χ0n) is 18.4. The Morgan fingerprint density at radius 2 is 1.97 bits per heavy atom. The van der Waals surface area contributed by atoms with Crippen LogP contribution in [-0.4, -0.2) is 18.1 Å². The third-order valence-electron chi connectivity index (χ3n) is 5.79. The summed E-state index contributed by atoms with van der Waals surface area (Å²) in [7, 11) is 1.58. The first-order valence-electron chi connectivity index (χ1n) is 10.9. The zero-order chi connectivity index (χ0) is 23.7. The summed E-state index contributed by atoms with van der Waals surface area (Å²) >= 11 is 1.47. The lowest BCUT2D eigenvalue weighted by Crippen LogP contribution is -2.21. The van der Waals surface area contributed by atoms with E-state index in [9.17, 15) is 15.2 Å². The minimum absolute atomic E-state index is 0.0435. The van der Waals surface area contributed by atoms with Crippen molar-refractivity contribution in [2.45, 2.75) is 25.7 Å². The first kappa shape index (κ1) is 21.7. The Kier molecular flexibility index (Phi) is 5.78. The minimum Gasteiger partial charge on any atom is -0.508 e. The van der Waals surface area contributed by atoms with Gasteiger partial charge in [-0.25, -0.2) is 4.99 Å². The van der Waals surface area contributed by atoms with E-state index in [0.717, 1.165) is 31.2 Å². The van der Waals surface area contributed by atoms with Crippen LogP contribution in [0.4, 0.5) is 10.7 Å². The van der Waals surface area contributed by atoms with Crippen molar-refractivity contribution >= 4 is 38.9 Å². The molecular weight excluding hydrogens is 450 g/mol. The maximum atomic E-state index is 13.3. The van der Waals surface area contributed by atoms with Crippen LogP contribution >= 0.6 is 11.3 Å². The Balaban J connectivity index is 1.64. The number of amides is 1. The van der Waals surface area contributed by atoms with Crippen LogP contribution in [0.15, 0.2) is 57.9 Å². The van der Waals surface area contributed by atoms with Crippen LogP contribution in [0.1, 0.15) is 39.2 Å². The van der Waals surface area contributed by atoms with Gasteiger partial charge >= 0.3 is 0 Å². The number of thiophene rings is 1. The molecule has 0 bridgehead atoms. The summed E-state index contributed by atoms with van der Waals surface area (Å²) in [5, 5.41) is 23.8. The molecule has 5 rings (SSSR count). The minimum atomic E-state index is -0.400. The Morgan fingerprint density at radius 3 is 2.74 bits per heavy atom. The Bertz CT molecular complexity index is 1510. The van der Waals surface area contributed by atoms with Gasteiger partial charge < -0.3 is 19.6 Å². The Labute approximate surface area is 199 Å². The molecule has 2 heterocycles. The van der Waals surface area contributed by atoms with Gasteiger partial charge in [-0.05, 0) is 73.7 Å². The van der Waals surface area contributed by atoms with Crippen molar-refractivity contribution in [3.8, 4) is 17.6 Å². The van der Waals surface area contributed by atoms with Crippen molar-refractivity contribution in [1.82, 2.24) is 0 Å². The third kappa shape index (κ3) is 4.14. The number of hydrogen-bond acceptors (Lipinski definition) is 7. The van der Waals surface area contributed by atoms with Gasteiger partial charge in [0.15, 0.2) is 0 Å². The van der Waals surface area contributed by atoms with Crippen molar-refractivity contribution in [3.05, 3.63) is 75.7 Å². The molecule has 0 aliphatic heterocycles. The molecule has 2 aromatic carbocycles. The summed E-state index contributed by atoms with van der Waals surface area (Å²) in [6.07, 6.45) is 3.93. The molecule has 0 saturated carbocycles. The van der Waals surface area contributed by atoms with Crippen molar-refractivity contribution in [2.24, 2.45) is 4.99 Å². The van der Waals surface area contributed by atoms with Gasteiger partial charge in [0.25, 0.3) is 5.91 Å². The first-order chi connectivity index (χ1) is 16.6. The van der Waals surface area contributed by atoms with E-state index in [-0.39, 0.29) is 16.9 Å². The van der Waals surface area contributed by atoms with Gasteiger partial charge in [-0.3, -0.25) is 4.79 Å². The van der Waals surface area contributed by atoms with Crippen LogP contribution in [0.5, 0.6) is 11.5 Å². The standard InChI is InChI=1S/C26H21N3O4S/c1-32-18-10-7-16(8-11-18)28-24(31)20-12-15-6-9-17(30)13-22(15)33-25(20)29-26-21(14-27)19-4-2-3-5-23(19)34-26/h6-13,30H,2-5H2,1H3,(H,28,31)/b29-25-. The molecule has 0 fully saturated rings. The van der Waals surface area contributed by atoms with Crippen LogP contribution in [0, 0.1) is 11.3 Å². The third-order valence-corrected chi connectivity index (χ3v) is 6.98. The first-order valence-corrected chi connectivity index (χ1v) is 11.7. The highest BCUT2D eigenvalue weighted by atomic mass is 32.1. The van der Waals surface area contributed by atoms with Gasteiger partial charge in [0, 0.05) is 22.0 Å². The highest BCUT2D eigenvalue weighted by Gasteiger charge is 2.21. The highest BCUT2D eigenvalue weighted by Crippen LogP contribution is 2.39. The van der Waals surface area contributed by atoms with E-state index in [4.69, 9.17) is 9.15 Å². The number of phenolic OH excluding ortho intramolecular Hbond substituents is 1. The number of phenols is 1. The molecular formula is C26H21N3O4S. The van der Waals surface area contributed by atoms with Crippen molar-refractivity contribution in [3.63, 3.8) is 0 Å². The number of carbonyl (C=O) groups is 1. The normalized spacial score (nSPS) is 13.4. The van der Waals surface area contributed by atoms with Crippen LogP contribution in [0.25, 0.3) is 11.0 Å². The number of aromatic hydroxyl groups is 1. The van der Waals surface area contributed by atoms with Crippen molar-refractivity contribution < 1.29 is 19.1 Å². The van der Waals surface area contributed by atoms with E-state index in [1.807, 2.05) is 0 Å². The predicted octanol–water partition coefficient (Wildman–Crippen LogP) is 5.44. The SMILES string of the molecule is COc1ccc(NC(=O)c2cc3ccc(O)cc3o/c2=N\c2sc3c(c2C#N)CCCC3)cc1. The number of nitrogens with one attached hydrogen (secondary N) is 1. The number of aryl methyl sites for hydroxylation is 1. The van der Waals surface area contributed by atoms with Gasteiger partial charge in [-0.1, -0.05) is 0 Å².